The molecule has 4 nitrogen and oxygen atoms in total. The van der Waals surface area contributed by atoms with Crippen molar-refractivity contribution >= 4 is 5.97 Å². The van der Waals surface area contributed by atoms with Crippen LogP contribution in [0.1, 0.15) is 37.5 Å². The molecule has 100 valence electrons. The summed E-state index contributed by atoms with van der Waals surface area (Å²) in [7, 11) is 1.59. The predicted molar refractivity (Wildman–Crippen MR) is 68.7 cm³/mol. The number of ether oxygens (including phenoxy) is 1. The van der Waals surface area contributed by atoms with E-state index in [4.69, 9.17) is 9.84 Å². The van der Waals surface area contributed by atoms with Gasteiger partial charge in [-0.05, 0) is 50.5 Å². The van der Waals surface area contributed by atoms with Gasteiger partial charge in [0.2, 0.25) is 0 Å². The zero-order valence-electron chi connectivity index (χ0n) is 11.2. The first kappa shape index (κ1) is 14.5. The number of rotatable bonds is 5. The van der Waals surface area contributed by atoms with E-state index in [1.165, 1.54) is 0 Å². The van der Waals surface area contributed by atoms with E-state index in [1.807, 2.05) is 13.0 Å². The van der Waals surface area contributed by atoms with Crippen LogP contribution in [0, 0.1) is 12.3 Å². The summed E-state index contributed by atoms with van der Waals surface area (Å²) in [6, 6.07) is 5.36. The summed E-state index contributed by atoms with van der Waals surface area (Å²) in [6.45, 7) is 5.10. The Balaban J connectivity index is 2.88. The summed E-state index contributed by atoms with van der Waals surface area (Å²) >= 11 is 0. The van der Waals surface area contributed by atoms with Crippen LogP contribution in [0.4, 0.5) is 0 Å². The molecule has 0 aromatic heterocycles. The molecule has 1 unspecified atom stereocenters. The second-order valence-electron chi connectivity index (χ2n) is 5.14. The fourth-order valence-corrected chi connectivity index (χ4v) is 1.80. The third kappa shape index (κ3) is 3.23. The van der Waals surface area contributed by atoms with Crippen LogP contribution in [0.2, 0.25) is 0 Å². The van der Waals surface area contributed by atoms with Crippen molar-refractivity contribution in [1.82, 2.24) is 0 Å². The molecule has 1 aromatic carbocycles. The fraction of sp³-hybridized carbons (Fsp3) is 0.500. The molecule has 0 saturated carbocycles. The highest BCUT2D eigenvalue weighted by molar-refractivity contribution is 5.73. The highest BCUT2D eigenvalue weighted by Crippen LogP contribution is 2.31. The number of aryl methyl sites for hydroxylation is 1. The minimum Gasteiger partial charge on any atom is -0.496 e. The van der Waals surface area contributed by atoms with Crippen molar-refractivity contribution in [3.05, 3.63) is 29.3 Å². The molecule has 0 bridgehead atoms. The third-order valence-electron chi connectivity index (χ3n) is 3.09. The molecule has 18 heavy (non-hydrogen) atoms. The van der Waals surface area contributed by atoms with Gasteiger partial charge in [-0.3, -0.25) is 4.79 Å². The van der Waals surface area contributed by atoms with Crippen LogP contribution in [0.3, 0.4) is 0 Å². The van der Waals surface area contributed by atoms with Crippen molar-refractivity contribution in [2.75, 3.05) is 7.11 Å². The summed E-state index contributed by atoms with van der Waals surface area (Å²) in [5, 5.41) is 19.1. The normalized spacial score (nSPS) is 13.2. The van der Waals surface area contributed by atoms with Crippen LogP contribution in [0.15, 0.2) is 18.2 Å². The minimum absolute atomic E-state index is 0.175. The first-order valence-corrected chi connectivity index (χ1v) is 5.84. The van der Waals surface area contributed by atoms with E-state index in [2.05, 4.69) is 0 Å². The van der Waals surface area contributed by atoms with Crippen LogP contribution < -0.4 is 4.74 Å². The Kier molecular flexibility index (Phi) is 4.35. The monoisotopic (exact) mass is 252 g/mol. The number of aliphatic carboxylic acids is 1. The van der Waals surface area contributed by atoms with Gasteiger partial charge in [-0.2, -0.15) is 0 Å². The molecular formula is C14H20O4. The van der Waals surface area contributed by atoms with Crippen LogP contribution in [-0.4, -0.2) is 23.3 Å². The number of carbonyl (C=O) groups is 1. The number of aliphatic hydroxyl groups excluding tert-OH is 1. The SMILES string of the molecule is COc1ccc(C(O)CC(C)(C)C(=O)O)cc1C. The summed E-state index contributed by atoms with van der Waals surface area (Å²) in [4.78, 5) is 11.0. The number of aliphatic hydroxyl groups is 1. The maximum atomic E-state index is 11.0. The van der Waals surface area contributed by atoms with Crippen molar-refractivity contribution in [1.29, 1.82) is 0 Å². The van der Waals surface area contributed by atoms with Crippen molar-refractivity contribution < 1.29 is 19.7 Å². The molecule has 0 amide bonds. The Morgan fingerprint density at radius 3 is 2.50 bits per heavy atom. The average Bonchev–Trinajstić information content (AvgIpc) is 2.28. The maximum Gasteiger partial charge on any atom is 0.309 e. The Morgan fingerprint density at radius 2 is 2.06 bits per heavy atom. The van der Waals surface area contributed by atoms with Gasteiger partial charge in [-0.15, -0.1) is 0 Å². The van der Waals surface area contributed by atoms with Gasteiger partial charge in [-0.25, -0.2) is 0 Å². The van der Waals surface area contributed by atoms with E-state index >= 15 is 0 Å². The number of hydrogen-bond acceptors (Lipinski definition) is 3. The van der Waals surface area contributed by atoms with Gasteiger partial charge in [0.1, 0.15) is 5.75 Å². The van der Waals surface area contributed by atoms with E-state index in [0.29, 0.717) is 5.56 Å². The largest absolute Gasteiger partial charge is 0.496 e. The Hall–Kier alpha value is -1.55. The first-order valence-electron chi connectivity index (χ1n) is 5.84. The quantitative estimate of drug-likeness (QED) is 0.845. The Labute approximate surface area is 107 Å². The number of benzene rings is 1. The van der Waals surface area contributed by atoms with E-state index in [9.17, 15) is 9.90 Å². The van der Waals surface area contributed by atoms with Crippen molar-refractivity contribution in [2.45, 2.75) is 33.3 Å². The summed E-state index contributed by atoms with van der Waals surface area (Å²) < 4.78 is 5.14. The van der Waals surface area contributed by atoms with Gasteiger partial charge < -0.3 is 14.9 Å². The Morgan fingerprint density at radius 1 is 1.44 bits per heavy atom. The van der Waals surface area contributed by atoms with Crippen LogP contribution >= 0.6 is 0 Å². The summed E-state index contributed by atoms with van der Waals surface area (Å²) in [6.07, 6.45) is -0.616. The van der Waals surface area contributed by atoms with Crippen molar-refractivity contribution in [2.24, 2.45) is 5.41 Å². The average molecular weight is 252 g/mol. The van der Waals surface area contributed by atoms with Gasteiger partial charge in [0.15, 0.2) is 0 Å². The number of carboxylic acids is 1. The molecule has 0 heterocycles. The molecule has 1 atom stereocenters. The smallest absolute Gasteiger partial charge is 0.309 e. The van der Waals surface area contributed by atoms with E-state index < -0.39 is 17.5 Å². The molecular weight excluding hydrogens is 232 g/mol. The van der Waals surface area contributed by atoms with Gasteiger partial charge in [0.05, 0.1) is 18.6 Å². The molecule has 0 aliphatic heterocycles. The van der Waals surface area contributed by atoms with E-state index in [1.54, 1.807) is 33.1 Å². The zero-order valence-corrected chi connectivity index (χ0v) is 11.2. The molecule has 1 aromatic rings. The number of methoxy groups -OCH3 is 1. The van der Waals surface area contributed by atoms with Crippen LogP contribution in [0.25, 0.3) is 0 Å². The lowest BCUT2D eigenvalue weighted by atomic mass is 9.84. The molecule has 0 spiro atoms. The third-order valence-corrected chi connectivity index (χ3v) is 3.09. The topological polar surface area (TPSA) is 66.8 Å². The van der Waals surface area contributed by atoms with Crippen molar-refractivity contribution in [3.8, 4) is 5.75 Å². The molecule has 1 rings (SSSR count). The molecule has 0 saturated heterocycles. The lowest BCUT2D eigenvalue weighted by Crippen LogP contribution is -2.26. The molecule has 4 heteroatoms. The van der Waals surface area contributed by atoms with Crippen LogP contribution in [-0.2, 0) is 4.79 Å². The second kappa shape index (κ2) is 5.40. The molecule has 2 N–H and O–H groups in total. The molecule has 0 radical (unpaired) electrons. The predicted octanol–water partition coefficient (Wildman–Crippen LogP) is 2.54. The lowest BCUT2D eigenvalue weighted by molar-refractivity contribution is -0.148. The lowest BCUT2D eigenvalue weighted by Gasteiger charge is -2.23. The molecule has 0 fully saturated rings. The Bertz CT molecular complexity index is 437. The summed E-state index contributed by atoms with van der Waals surface area (Å²) in [5.41, 5.74) is 0.678. The van der Waals surface area contributed by atoms with E-state index in [-0.39, 0.29) is 6.42 Å². The fourth-order valence-electron chi connectivity index (χ4n) is 1.80. The molecule has 0 aliphatic rings. The van der Waals surface area contributed by atoms with Crippen molar-refractivity contribution in [3.63, 3.8) is 0 Å². The van der Waals surface area contributed by atoms with Gasteiger partial charge >= 0.3 is 5.97 Å². The minimum atomic E-state index is -0.951. The molecule has 0 aliphatic carbocycles. The van der Waals surface area contributed by atoms with E-state index in [0.717, 1.165) is 11.3 Å². The highest BCUT2D eigenvalue weighted by atomic mass is 16.5. The highest BCUT2D eigenvalue weighted by Gasteiger charge is 2.30. The number of carboxylic acid groups (broad SMARTS) is 1. The summed E-state index contributed by atoms with van der Waals surface area (Å²) in [5.74, 6) is -0.157. The zero-order chi connectivity index (χ0) is 13.9. The second-order valence-corrected chi connectivity index (χ2v) is 5.14. The standard InChI is InChI=1S/C14H20O4/c1-9-7-10(5-6-12(9)18-4)11(15)8-14(2,3)13(16)17/h5-7,11,15H,8H2,1-4H3,(H,16,17). The van der Waals surface area contributed by atoms with Crippen LogP contribution in [0.5, 0.6) is 5.75 Å². The first-order chi connectivity index (χ1) is 8.27. The maximum absolute atomic E-state index is 11.0. The number of hydrogen-bond donors (Lipinski definition) is 2. The van der Waals surface area contributed by atoms with Gasteiger partial charge in [0, 0.05) is 0 Å². The van der Waals surface area contributed by atoms with Gasteiger partial charge in [-0.1, -0.05) is 6.07 Å². The van der Waals surface area contributed by atoms with Gasteiger partial charge in [0.25, 0.3) is 0 Å².